The molecule has 0 heterocycles. The molecule has 100 valence electrons. The van der Waals surface area contributed by atoms with Crippen molar-refractivity contribution < 1.29 is 9.90 Å². The minimum Gasteiger partial charge on any atom is -0.504 e. The molecule has 1 rings (SSSR count). The van der Waals surface area contributed by atoms with E-state index in [-0.39, 0.29) is 22.0 Å². The Morgan fingerprint density at radius 2 is 1.89 bits per heavy atom. The Labute approximate surface area is 116 Å². The van der Waals surface area contributed by atoms with Crippen LogP contribution in [0.3, 0.4) is 0 Å². The molecular weight excluding hydrogens is 275 g/mol. The summed E-state index contributed by atoms with van der Waals surface area (Å²) in [6.07, 6.45) is 0. The van der Waals surface area contributed by atoms with Crippen LogP contribution < -0.4 is 10.6 Å². The number of hydrogen-bond acceptors (Lipinski definition) is 2. The second-order valence-corrected chi connectivity index (χ2v) is 5.81. The van der Waals surface area contributed by atoms with Gasteiger partial charge in [-0.2, -0.15) is 0 Å². The average molecular weight is 291 g/mol. The molecule has 1 aromatic carbocycles. The minimum absolute atomic E-state index is 0.133. The number of nitrogens with one attached hydrogen (secondary N) is 2. The fraction of sp³-hybridized carbons (Fsp3) is 0.417. The molecule has 4 nitrogen and oxygen atoms in total. The van der Waals surface area contributed by atoms with Crippen LogP contribution in [0.1, 0.15) is 26.3 Å². The lowest BCUT2D eigenvalue weighted by Crippen LogP contribution is -2.43. The molecule has 0 bridgehead atoms. The van der Waals surface area contributed by atoms with Gasteiger partial charge in [-0.05, 0) is 39.3 Å². The fourth-order valence-electron chi connectivity index (χ4n) is 1.29. The van der Waals surface area contributed by atoms with Gasteiger partial charge in [-0.15, -0.1) is 0 Å². The number of phenolic OH excluding ortho intramolecular Hbond substituents is 1. The summed E-state index contributed by atoms with van der Waals surface area (Å²) in [5, 5.41) is 15.5. The molecule has 18 heavy (non-hydrogen) atoms. The Bertz CT molecular complexity index is 482. The first-order valence-electron chi connectivity index (χ1n) is 5.38. The maximum atomic E-state index is 11.7. The minimum atomic E-state index is -0.436. The summed E-state index contributed by atoms with van der Waals surface area (Å²) in [5.74, 6) is -0.192. The van der Waals surface area contributed by atoms with Crippen molar-refractivity contribution in [1.29, 1.82) is 0 Å². The van der Waals surface area contributed by atoms with E-state index < -0.39 is 6.03 Å². The van der Waals surface area contributed by atoms with Crippen molar-refractivity contribution in [2.45, 2.75) is 33.2 Å². The Morgan fingerprint density at radius 1 is 1.33 bits per heavy atom. The summed E-state index contributed by atoms with van der Waals surface area (Å²) < 4.78 is 0. The van der Waals surface area contributed by atoms with Crippen molar-refractivity contribution in [1.82, 2.24) is 5.32 Å². The van der Waals surface area contributed by atoms with Crippen molar-refractivity contribution in [2.24, 2.45) is 0 Å². The van der Waals surface area contributed by atoms with E-state index in [0.717, 1.165) is 0 Å². The quantitative estimate of drug-likeness (QED) is 0.686. The lowest BCUT2D eigenvalue weighted by atomic mass is 10.1. The molecule has 0 atom stereocenters. The molecule has 0 saturated heterocycles. The summed E-state index contributed by atoms with van der Waals surface area (Å²) in [6.45, 7) is 7.23. The summed E-state index contributed by atoms with van der Waals surface area (Å²) in [6, 6.07) is 1.02. The summed E-state index contributed by atoms with van der Waals surface area (Å²) in [4.78, 5) is 11.7. The highest BCUT2D eigenvalue weighted by atomic mass is 35.5. The molecule has 0 spiro atoms. The Kier molecular flexibility index (Phi) is 4.35. The third-order valence-corrected chi connectivity index (χ3v) is 3.01. The first-order chi connectivity index (χ1) is 8.11. The SMILES string of the molecule is Cc1c(Cl)cc(NC(=O)NC(C)(C)C)c(O)c1Cl. The number of phenols is 1. The first kappa shape index (κ1) is 14.9. The van der Waals surface area contributed by atoms with Crippen molar-refractivity contribution >= 4 is 34.9 Å². The maximum Gasteiger partial charge on any atom is 0.319 e. The van der Waals surface area contributed by atoms with Crippen LogP contribution in [0.25, 0.3) is 0 Å². The lowest BCUT2D eigenvalue weighted by molar-refractivity contribution is 0.243. The molecule has 6 heteroatoms. The number of carbonyl (C=O) groups excluding carboxylic acids is 1. The van der Waals surface area contributed by atoms with Gasteiger partial charge in [0.05, 0.1) is 10.7 Å². The highest BCUT2D eigenvalue weighted by Gasteiger charge is 2.17. The van der Waals surface area contributed by atoms with E-state index in [2.05, 4.69) is 10.6 Å². The molecule has 0 radical (unpaired) electrons. The van der Waals surface area contributed by atoms with Gasteiger partial charge < -0.3 is 15.7 Å². The number of carbonyl (C=O) groups is 1. The van der Waals surface area contributed by atoms with Gasteiger partial charge >= 0.3 is 6.03 Å². The topological polar surface area (TPSA) is 61.4 Å². The predicted octanol–water partition coefficient (Wildman–Crippen LogP) is 3.93. The van der Waals surface area contributed by atoms with E-state index >= 15 is 0 Å². The molecule has 3 N–H and O–H groups in total. The summed E-state index contributed by atoms with van der Waals surface area (Å²) in [7, 11) is 0. The van der Waals surface area contributed by atoms with E-state index in [1.165, 1.54) is 6.07 Å². The molecule has 0 unspecified atom stereocenters. The molecular formula is C12H16Cl2N2O2. The van der Waals surface area contributed by atoms with Crippen LogP contribution in [-0.4, -0.2) is 16.7 Å². The van der Waals surface area contributed by atoms with Crippen LogP contribution >= 0.6 is 23.2 Å². The van der Waals surface area contributed by atoms with Crippen LogP contribution in [-0.2, 0) is 0 Å². The van der Waals surface area contributed by atoms with E-state index in [1.807, 2.05) is 20.8 Å². The van der Waals surface area contributed by atoms with Gasteiger partial charge in [0.1, 0.15) is 0 Å². The zero-order valence-corrected chi connectivity index (χ0v) is 12.2. The normalized spacial score (nSPS) is 11.2. The zero-order valence-electron chi connectivity index (χ0n) is 10.7. The maximum absolute atomic E-state index is 11.7. The highest BCUT2D eigenvalue weighted by molar-refractivity contribution is 6.37. The van der Waals surface area contributed by atoms with E-state index in [9.17, 15) is 9.90 Å². The van der Waals surface area contributed by atoms with Crippen molar-refractivity contribution in [3.63, 3.8) is 0 Å². The Morgan fingerprint density at radius 3 is 2.39 bits per heavy atom. The molecule has 0 fully saturated rings. The molecule has 0 aromatic heterocycles. The van der Waals surface area contributed by atoms with Crippen LogP contribution in [0.15, 0.2) is 6.07 Å². The highest BCUT2D eigenvalue weighted by Crippen LogP contribution is 2.38. The van der Waals surface area contributed by atoms with Crippen LogP contribution in [0, 0.1) is 6.92 Å². The standard InChI is InChI=1S/C12H16Cl2N2O2/c1-6-7(13)5-8(10(17)9(6)14)15-11(18)16-12(2,3)4/h5,17H,1-4H3,(H2,15,16,18). The Hall–Kier alpha value is -1.13. The monoisotopic (exact) mass is 290 g/mol. The third-order valence-electron chi connectivity index (χ3n) is 2.16. The number of urea groups is 1. The van der Waals surface area contributed by atoms with Gasteiger partial charge in [0.15, 0.2) is 5.75 Å². The van der Waals surface area contributed by atoms with Gasteiger partial charge in [-0.3, -0.25) is 0 Å². The molecule has 1 aromatic rings. The predicted molar refractivity (Wildman–Crippen MR) is 74.8 cm³/mol. The number of hydrogen-bond donors (Lipinski definition) is 3. The lowest BCUT2D eigenvalue weighted by Gasteiger charge is -2.21. The summed E-state index contributed by atoms with van der Waals surface area (Å²) >= 11 is 11.8. The van der Waals surface area contributed by atoms with Gasteiger partial charge in [0.2, 0.25) is 0 Å². The summed E-state index contributed by atoms with van der Waals surface area (Å²) in [5.41, 5.74) is 0.368. The van der Waals surface area contributed by atoms with Crippen molar-refractivity contribution in [2.75, 3.05) is 5.32 Å². The second-order valence-electron chi connectivity index (χ2n) is 5.02. The van der Waals surface area contributed by atoms with Gasteiger partial charge in [0.25, 0.3) is 0 Å². The molecule has 0 aliphatic carbocycles. The van der Waals surface area contributed by atoms with E-state index in [0.29, 0.717) is 10.6 Å². The number of rotatable bonds is 1. The van der Waals surface area contributed by atoms with Crippen LogP contribution in [0.4, 0.5) is 10.5 Å². The second kappa shape index (κ2) is 5.24. The fourth-order valence-corrected chi connectivity index (χ4v) is 1.75. The van der Waals surface area contributed by atoms with Crippen molar-refractivity contribution in [3.05, 3.63) is 21.7 Å². The number of anilines is 1. The largest absolute Gasteiger partial charge is 0.504 e. The number of aromatic hydroxyl groups is 1. The van der Waals surface area contributed by atoms with Crippen LogP contribution in [0.5, 0.6) is 5.75 Å². The zero-order chi connectivity index (χ0) is 14.1. The van der Waals surface area contributed by atoms with Gasteiger partial charge in [-0.25, -0.2) is 4.79 Å². The average Bonchev–Trinajstić information content (AvgIpc) is 2.20. The number of halogens is 2. The third kappa shape index (κ3) is 3.68. The van der Waals surface area contributed by atoms with Crippen LogP contribution in [0.2, 0.25) is 10.0 Å². The first-order valence-corrected chi connectivity index (χ1v) is 6.14. The number of benzene rings is 1. The molecule has 0 aliphatic rings. The van der Waals surface area contributed by atoms with Crippen molar-refractivity contribution in [3.8, 4) is 5.75 Å². The van der Waals surface area contributed by atoms with E-state index in [1.54, 1.807) is 6.92 Å². The molecule has 2 amide bonds. The van der Waals surface area contributed by atoms with E-state index in [4.69, 9.17) is 23.2 Å². The smallest absolute Gasteiger partial charge is 0.319 e. The van der Waals surface area contributed by atoms with Gasteiger partial charge in [0, 0.05) is 10.6 Å². The Balaban J connectivity index is 2.96. The molecule has 0 aliphatic heterocycles. The van der Waals surface area contributed by atoms with Gasteiger partial charge in [-0.1, -0.05) is 23.2 Å². The number of amides is 2. The molecule has 0 saturated carbocycles.